The number of allylic oxidation sites excluding steroid dienone is 1. The van der Waals surface area contributed by atoms with E-state index in [1.165, 1.54) is 16.7 Å². The van der Waals surface area contributed by atoms with Crippen molar-refractivity contribution in [3.8, 4) is 0 Å². The molecule has 2 rings (SSSR count). The molecule has 0 spiro atoms. The zero-order chi connectivity index (χ0) is 12.8. The van der Waals surface area contributed by atoms with Crippen LogP contribution in [0.3, 0.4) is 0 Å². The van der Waals surface area contributed by atoms with Gasteiger partial charge in [-0.15, -0.1) is 0 Å². The van der Waals surface area contributed by atoms with Crippen molar-refractivity contribution in [3.63, 3.8) is 0 Å². The first kappa shape index (κ1) is 12.4. The molecule has 18 heavy (non-hydrogen) atoms. The predicted molar refractivity (Wildman–Crippen MR) is 76.5 cm³/mol. The molecule has 0 unspecified atom stereocenters. The number of nitrogens with two attached hydrogens (primary N) is 1. The fourth-order valence-corrected chi connectivity index (χ4v) is 1.94. The summed E-state index contributed by atoms with van der Waals surface area (Å²) in [7, 11) is 1.84. The first-order valence-corrected chi connectivity index (χ1v) is 6.03. The van der Waals surface area contributed by atoms with E-state index in [-0.39, 0.29) is 0 Å². The lowest BCUT2D eigenvalue weighted by Crippen LogP contribution is -2.19. The van der Waals surface area contributed by atoms with Gasteiger partial charge in [0, 0.05) is 13.2 Å². The number of hydrogen-bond donors (Lipinski definition) is 1. The summed E-state index contributed by atoms with van der Waals surface area (Å²) in [6.07, 6.45) is 2.86. The van der Waals surface area contributed by atoms with Crippen molar-refractivity contribution in [2.45, 2.75) is 6.42 Å². The summed E-state index contributed by atoms with van der Waals surface area (Å²) < 4.78 is 0. The molecular formula is C16H18N2. The van der Waals surface area contributed by atoms with E-state index in [9.17, 15) is 0 Å². The zero-order valence-electron chi connectivity index (χ0n) is 10.6. The van der Waals surface area contributed by atoms with E-state index in [2.05, 4.69) is 36.4 Å². The normalized spacial score (nSPS) is 11.3. The van der Waals surface area contributed by atoms with Gasteiger partial charge in [-0.25, -0.2) is 5.84 Å². The van der Waals surface area contributed by atoms with Crippen LogP contribution >= 0.6 is 0 Å². The number of hydrazine groups is 1. The van der Waals surface area contributed by atoms with Gasteiger partial charge in [0.2, 0.25) is 0 Å². The van der Waals surface area contributed by atoms with Crippen LogP contribution in [0, 0.1) is 0 Å². The Kier molecular flexibility index (Phi) is 4.15. The second kappa shape index (κ2) is 6.03. The lowest BCUT2D eigenvalue weighted by molar-refractivity contribution is 0.485. The minimum atomic E-state index is 0.881. The quantitative estimate of drug-likeness (QED) is 0.655. The third-order valence-electron chi connectivity index (χ3n) is 2.74. The summed E-state index contributed by atoms with van der Waals surface area (Å²) in [4.78, 5) is 0. The van der Waals surface area contributed by atoms with Crippen LogP contribution in [0.5, 0.6) is 0 Å². The molecule has 0 atom stereocenters. The van der Waals surface area contributed by atoms with Crippen molar-refractivity contribution in [1.29, 1.82) is 0 Å². The molecule has 0 aliphatic rings. The maximum atomic E-state index is 5.74. The van der Waals surface area contributed by atoms with Gasteiger partial charge in [-0.2, -0.15) is 0 Å². The molecule has 2 heteroatoms. The lowest BCUT2D eigenvalue weighted by Gasteiger charge is -2.12. The third-order valence-corrected chi connectivity index (χ3v) is 2.74. The van der Waals surface area contributed by atoms with Crippen LogP contribution in [0.15, 0.2) is 66.9 Å². The molecule has 2 aromatic rings. The Bertz CT molecular complexity index is 501. The molecule has 0 saturated heterocycles. The molecule has 0 aliphatic heterocycles. The maximum Gasteiger partial charge on any atom is 0.0223 e. The van der Waals surface area contributed by atoms with Gasteiger partial charge >= 0.3 is 0 Å². The fraction of sp³-hybridized carbons (Fsp3) is 0.125. The molecule has 92 valence electrons. The second-order valence-corrected chi connectivity index (χ2v) is 4.35. The molecule has 0 saturated carbocycles. The van der Waals surface area contributed by atoms with Gasteiger partial charge in [0.25, 0.3) is 0 Å². The minimum Gasteiger partial charge on any atom is -0.321 e. The zero-order valence-corrected chi connectivity index (χ0v) is 10.6. The summed E-state index contributed by atoms with van der Waals surface area (Å²) in [5, 5.41) is 1.60. The van der Waals surface area contributed by atoms with Gasteiger partial charge in [-0.1, -0.05) is 60.7 Å². The molecule has 2 aromatic carbocycles. The topological polar surface area (TPSA) is 29.3 Å². The Morgan fingerprint density at radius 1 is 1.00 bits per heavy atom. The molecule has 0 bridgehead atoms. The van der Waals surface area contributed by atoms with E-state index < -0.39 is 0 Å². The van der Waals surface area contributed by atoms with E-state index in [1.807, 2.05) is 37.5 Å². The Balaban J connectivity index is 2.28. The van der Waals surface area contributed by atoms with Crippen LogP contribution in [0.25, 0.3) is 5.57 Å². The fourth-order valence-electron chi connectivity index (χ4n) is 1.94. The van der Waals surface area contributed by atoms with Crippen LogP contribution in [0.1, 0.15) is 11.1 Å². The SMILES string of the molecule is CN(N)/C=C(\Cc1ccccc1)c1ccccc1. The average Bonchev–Trinajstić information content (AvgIpc) is 2.40. The Morgan fingerprint density at radius 2 is 1.56 bits per heavy atom. The smallest absolute Gasteiger partial charge is 0.0223 e. The van der Waals surface area contributed by atoms with Crippen molar-refractivity contribution in [3.05, 3.63) is 78.0 Å². The number of benzene rings is 2. The first-order valence-electron chi connectivity index (χ1n) is 6.03. The number of hydrogen-bond acceptors (Lipinski definition) is 2. The van der Waals surface area contributed by atoms with Crippen LogP contribution < -0.4 is 5.84 Å². The highest BCUT2D eigenvalue weighted by molar-refractivity contribution is 5.67. The van der Waals surface area contributed by atoms with Gasteiger partial charge in [-0.3, -0.25) is 0 Å². The summed E-state index contributed by atoms with van der Waals surface area (Å²) in [6.45, 7) is 0. The Hall–Kier alpha value is -2.06. The third kappa shape index (κ3) is 3.47. The van der Waals surface area contributed by atoms with Crippen LogP contribution in [-0.2, 0) is 6.42 Å². The molecule has 0 aromatic heterocycles. The highest BCUT2D eigenvalue weighted by Gasteiger charge is 2.03. The molecular weight excluding hydrogens is 220 g/mol. The molecule has 0 aliphatic carbocycles. The largest absolute Gasteiger partial charge is 0.321 e. The molecule has 2 nitrogen and oxygen atoms in total. The van der Waals surface area contributed by atoms with E-state index in [0.717, 1.165) is 6.42 Å². The standard InChI is InChI=1S/C16H18N2/c1-18(17)13-16(15-10-6-3-7-11-15)12-14-8-4-2-5-9-14/h2-11,13H,12,17H2,1H3/b16-13+. The summed E-state index contributed by atoms with van der Waals surface area (Å²) in [5.41, 5.74) is 3.71. The molecule has 0 fully saturated rings. The maximum absolute atomic E-state index is 5.74. The van der Waals surface area contributed by atoms with Gasteiger partial charge < -0.3 is 5.01 Å². The first-order chi connectivity index (χ1) is 8.75. The van der Waals surface area contributed by atoms with E-state index in [0.29, 0.717) is 0 Å². The highest BCUT2D eigenvalue weighted by Crippen LogP contribution is 2.19. The van der Waals surface area contributed by atoms with Crippen LogP contribution in [0.2, 0.25) is 0 Å². The summed E-state index contributed by atoms with van der Waals surface area (Å²) in [6, 6.07) is 20.8. The van der Waals surface area contributed by atoms with Crippen molar-refractivity contribution in [2.24, 2.45) is 5.84 Å². The predicted octanol–water partition coefficient (Wildman–Crippen LogP) is 3.08. The molecule has 2 N–H and O–H groups in total. The molecule has 0 radical (unpaired) electrons. The summed E-state index contributed by atoms with van der Waals surface area (Å²) in [5.74, 6) is 5.74. The lowest BCUT2D eigenvalue weighted by atomic mass is 9.99. The number of rotatable bonds is 4. The second-order valence-electron chi connectivity index (χ2n) is 4.35. The van der Waals surface area contributed by atoms with Gasteiger partial charge in [0.1, 0.15) is 0 Å². The average molecular weight is 238 g/mol. The van der Waals surface area contributed by atoms with Crippen molar-refractivity contribution in [1.82, 2.24) is 5.01 Å². The van der Waals surface area contributed by atoms with E-state index in [1.54, 1.807) is 5.01 Å². The minimum absolute atomic E-state index is 0.881. The molecule has 0 amide bonds. The highest BCUT2D eigenvalue weighted by atomic mass is 15.4. The monoisotopic (exact) mass is 238 g/mol. The van der Waals surface area contributed by atoms with Crippen LogP contribution in [-0.4, -0.2) is 12.1 Å². The van der Waals surface area contributed by atoms with Gasteiger partial charge in [-0.05, 0) is 23.1 Å². The Morgan fingerprint density at radius 3 is 2.11 bits per heavy atom. The molecule has 0 heterocycles. The number of nitrogens with zero attached hydrogens (tertiary/aromatic N) is 1. The van der Waals surface area contributed by atoms with E-state index in [4.69, 9.17) is 5.84 Å². The van der Waals surface area contributed by atoms with Crippen molar-refractivity contribution < 1.29 is 0 Å². The van der Waals surface area contributed by atoms with Crippen LogP contribution in [0.4, 0.5) is 0 Å². The van der Waals surface area contributed by atoms with E-state index >= 15 is 0 Å². The van der Waals surface area contributed by atoms with Gasteiger partial charge in [0.15, 0.2) is 0 Å². The van der Waals surface area contributed by atoms with Crippen molar-refractivity contribution >= 4 is 5.57 Å². The van der Waals surface area contributed by atoms with Gasteiger partial charge in [0.05, 0.1) is 0 Å². The van der Waals surface area contributed by atoms with Crippen molar-refractivity contribution in [2.75, 3.05) is 7.05 Å². The Labute approximate surface area is 108 Å². The summed E-state index contributed by atoms with van der Waals surface area (Å²) >= 11 is 0.